The third-order valence-electron chi connectivity index (χ3n) is 2.38. The summed E-state index contributed by atoms with van der Waals surface area (Å²) in [5, 5.41) is 3.88. The lowest BCUT2D eigenvalue weighted by molar-refractivity contribution is 0.707. The summed E-state index contributed by atoms with van der Waals surface area (Å²) in [4.78, 5) is 22.6. The van der Waals surface area contributed by atoms with E-state index in [4.69, 9.17) is 23.2 Å². The van der Waals surface area contributed by atoms with Gasteiger partial charge in [-0.15, -0.1) is 0 Å². The molecule has 0 unspecified atom stereocenters. The molecule has 0 aromatic carbocycles. The van der Waals surface area contributed by atoms with Crippen molar-refractivity contribution >= 4 is 23.2 Å². The van der Waals surface area contributed by atoms with Gasteiger partial charge in [0.2, 0.25) is 0 Å². The van der Waals surface area contributed by atoms with Crippen LogP contribution in [0.5, 0.6) is 0 Å². The fourth-order valence-electron chi connectivity index (χ4n) is 1.55. The fraction of sp³-hybridized carbons (Fsp3) is 0.250. The van der Waals surface area contributed by atoms with Crippen LogP contribution in [0, 0.1) is 0 Å². The van der Waals surface area contributed by atoms with Gasteiger partial charge in [0.25, 0.3) is 5.56 Å². The molecular weight excluding hydrogens is 287 g/mol. The molecule has 0 aliphatic rings. The normalized spacial score (nSPS) is 10.7. The molecule has 0 amide bonds. The Labute approximate surface area is 120 Å². The van der Waals surface area contributed by atoms with Gasteiger partial charge in [-0.25, -0.2) is 9.97 Å². The third kappa shape index (κ3) is 3.53. The zero-order chi connectivity index (χ0) is 13.8. The first-order valence-electron chi connectivity index (χ1n) is 5.72. The minimum absolute atomic E-state index is 0.245. The maximum absolute atomic E-state index is 11.6. The predicted molar refractivity (Wildman–Crippen MR) is 75.5 cm³/mol. The number of hydrogen-bond donors (Lipinski definition) is 2. The van der Waals surface area contributed by atoms with Crippen molar-refractivity contribution in [2.75, 3.05) is 6.54 Å². The van der Waals surface area contributed by atoms with Crippen LogP contribution in [-0.4, -0.2) is 21.5 Å². The number of H-pyrrole nitrogens is 1. The van der Waals surface area contributed by atoms with Crippen molar-refractivity contribution in [2.24, 2.45) is 0 Å². The molecule has 0 atom stereocenters. The molecule has 0 fully saturated rings. The van der Waals surface area contributed by atoms with Gasteiger partial charge in [0, 0.05) is 18.8 Å². The van der Waals surface area contributed by atoms with Gasteiger partial charge in [-0.2, -0.15) is 0 Å². The minimum Gasteiger partial charge on any atom is -0.311 e. The molecule has 2 rings (SSSR count). The lowest BCUT2D eigenvalue weighted by Crippen LogP contribution is -2.17. The van der Waals surface area contributed by atoms with Crippen molar-refractivity contribution in [3.05, 3.63) is 44.4 Å². The summed E-state index contributed by atoms with van der Waals surface area (Å²) >= 11 is 11.8. The smallest absolute Gasteiger partial charge is 0.251 e. The Hall–Kier alpha value is -1.43. The van der Waals surface area contributed by atoms with Crippen LogP contribution in [0.4, 0.5) is 0 Å². The third-order valence-corrected chi connectivity index (χ3v) is 2.88. The summed E-state index contributed by atoms with van der Waals surface area (Å²) in [5.74, 6) is 0.335. The van der Waals surface area contributed by atoms with E-state index in [1.165, 1.54) is 12.3 Å². The Bertz CT molecular complexity index is 642. The van der Waals surface area contributed by atoms with Gasteiger partial charge in [0.1, 0.15) is 5.69 Å². The summed E-state index contributed by atoms with van der Waals surface area (Å²) < 4.78 is 0. The number of aromatic nitrogens is 3. The molecule has 2 heterocycles. The average molecular weight is 299 g/mol. The second-order valence-corrected chi connectivity index (χ2v) is 4.69. The summed E-state index contributed by atoms with van der Waals surface area (Å²) in [5.41, 5.74) is 0.792. The van der Waals surface area contributed by atoms with Crippen LogP contribution >= 0.6 is 23.2 Å². The zero-order valence-electron chi connectivity index (χ0n) is 10.2. The van der Waals surface area contributed by atoms with E-state index in [1.54, 1.807) is 6.07 Å². The number of nitrogens with one attached hydrogen (secondary N) is 2. The van der Waals surface area contributed by atoms with Crippen LogP contribution in [0.15, 0.2) is 23.1 Å². The largest absolute Gasteiger partial charge is 0.311 e. The maximum atomic E-state index is 11.6. The van der Waals surface area contributed by atoms with E-state index in [9.17, 15) is 4.79 Å². The van der Waals surface area contributed by atoms with Gasteiger partial charge in [0.15, 0.2) is 5.82 Å². The van der Waals surface area contributed by atoms with Crippen LogP contribution in [0.2, 0.25) is 10.0 Å². The first-order valence-corrected chi connectivity index (χ1v) is 6.48. The molecule has 19 heavy (non-hydrogen) atoms. The minimum atomic E-state index is -0.245. The van der Waals surface area contributed by atoms with Crippen LogP contribution in [-0.2, 0) is 6.54 Å². The van der Waals surface area contributed by atoms with E-state index >= 15 is 0 Å². The molecule has 5 nitrogen and oxygen atoms in total. The first kappa shape index (κ1) is 14.0. The van der Waals surface area contributed by atoms with Gasteiger partial charge in [-0.1, -0.05) is 30.1 Å². The molecule has 0 aliphatic heterocycles. The molecule has 2 aromatic rings. The van der Waals surface area contributed by atoms with Gasteiger partial charge in [-0.3, -0.25) is 4.79 Å². The highest BCUT2D eigenvalue weighted by atomic mass is 35.5. The molecule has 0 saturated carbocycles. The molecule has 2 N–H and O–H groups in total. The van der Waals surface area contributed by atoms with Crippen molar-refractivity contribution in [1.82, 2.24) is 20.3 Å². The Morgan fingerprint density at radius 1 is 1.37 bits per heavy atom. The first-order chi connectivity index (χ1) is 9.10. The topological polar surface area (TPSA) is 70.7 Å². The molecule has 0 radical (unpaired) electrons. The van der Waals surface area contributed by atoms with E-state index in [1.807, 2.05) is 6.92 Å². The summed E-state index contributed by atoms with van der Waals surface area (Å²) in [6, 6.07) is 3.00. The predicted octanol–water partition coefficient (Wildman–Crippen LogP) is 2.25. The lowest BCUT2D eigenvalue weighted by Gasteiger charge is -2.06. The molecular formula is C12H12Cl2N4O. The Morgan fingerprint density at radius 3 is 2.84 bits per heavy atom. The van der Waals surface area contributed by atoms with Crippen molar-refractivity contribution in [2.45, 2.75) is 13.5 Å². The molecule has 0 bridgehead atoms. The average Bonchev–Trinajstić information content (AvgIpc) is 2.35. The lowest BCUT2D eigenvalue weighted by atomic mass is 10.3. The summed E-state index contributed by atoms with van der Waals surface area (Å²) in [6.07, 6.45) is 1.46. The van der Waals surface area contributed by atoms with E-state index < -0.39 is 0 Å². The summed E-state index contributed by atoms with van der Waals surface area (Å²) in [6.45, 7) is 3.29. The van der Waals surface area contributed by atoms with Gasteiger partial charge < -0.3 is 10.3 Å². The van der Waals surface area contributed by atoms with Crippen molar-refractivity contribution in [3.63, 3.8) is 0 Å². The molecule has 0 saturated heterocycles. The SMILES string of the molecule is CCNCc1cc(=O)[nH]c(-c2ncc(Cl)cc2Cl)n1. The Balaban J connectivity index is 2.44. The number of nitrogens with zero attached hydrogens (tertiary/aromatic N) is 2. The highest BCUT2D eigenvalue weighted by molar-refractivity contribution is 6.35. The molecule has 0 aliphatic carbocycles. The van der Waals surface area contributed by atoms with Crippen molar-refractivity contribution < 1.29 is 0 Å². The Kier molecular flexibility index (Phi) is 4.52. The standard InChI is InChI=1S/C12H12Cl2N4O/c1-2-15-6-8-4-10(19)18-12(17-8)11-9(14)3-7(13)5-16-11/h3-5,15H,2,6H2,1H3,(H,17,18,19). The number of rotatable bonds is 4. The van der Waals surface area contributed by atoms with Crippen LogP contribution < -0.4 is 10.9 Å². The van der Waals surface area contributed by atoms with Gasteiger partial charge in [0.05, 0.1) is 15.7 Å². The number of pyridine rings is 1. The second-order valence-electron chi connectivity index (χ2n) is 3.85. The molecule has 100 valence electrons. The zero-order valence-corrected chi connectivity index (χ0v) is 11.7. The van der Waals surface area contributed by atoms with Gasteiger partial charge >= 0.3 is 0 Å². The van der Waals surface area contributed by atoms with E-state index in [-0.39, 0.29) is 5.56 Å². The van der Waals surface area contributed by atoms with E-state index in [2.05, 4.69) is 20.3 Å². The van der Waals surface area contributed by atoms with E-state index in [0.29, 0.717) is 33.8 Å². The fourth-order valence-corrected chi connectivity index (χ4v) is 2.02. The molecule has 2 aromatic heterocycles. The highest BCUT2D eigenvalue weighted by Gasteiger charge is 2.10. The quantitative estimate of drug-likeness (QED) is 0.908. The van der Waals surface area contributed by atoms with Crippen LogP contribution in [0.25, 0.3) is 11.5 Å². The van der Waals surface area contributed by atoms with Crippen molar-refractivity contribution in [1.29, 1.82) is 0 Å². The van der Waals surface area contributed by atoms with Crippen molar-refractivity contribution in [3.8, 4) is 11.5 Å². The van der Waals surface area contributed by atoms with E-state index in [0.717, 1.165) is 6.54 Å². The number of aromatic amines is 1. The maximum Gasteiger partial charge on any atom is 0.251 e. The van der Waals surface area contributed by atoms with Crippen LogP contribution in [0.1, 0.15) is 12.6 Å². The number of halogens is 2. The molecule has 7 heteroatoms. The summed E-state index contributed by atoms with van der Waals surface area (Å²) in [7, 11) is 0. The van der Waals surface area contributed by atoms with Crippen LogP contribution in [0.3, 0.4) is 0 Å². The highest BCUT2D eigenvalue weighted by Crippen LogP contribution is 2.24. The number of hydrogen-bond acceptors (Lipinski definition) is 4. The second kappa shape index (κ2) is 6.14. The monoisotopic (exact) mass is 298 g/mol. The Morgan fingerprint density at radius 2 is 2.16 bits per heavy atom. The molecule has 0 spiro atoms. The van der Waals surface area contributed by atoms with Gasteiger partial charge in [-0.05, 0) is 12.6 Å².